The molecular formula is C14H26N2O. The highest BCUT2D eigenvalue weighted by molar-refractivity contribution is 4.97. The van der Waals surface area contributed by atoms with E-state index in [1.807, 2.05) is 0 Å². The maximum Gasteiger partial charge on any atom is 0.0474 e. The molecule has 2 saturated heterocycles. The van der Waals surface area contributed by atoms with Crippen molar-refractivity contribution < 1.29 is 5.11 Å². The Morgan fingerprint density at radius 3 is 2.47 bits per heavy atom. The van der Waals surface area contributed by atoms with Crippen molar-refractivity contribution in [3.05, 3.63) is 0 Å². The zero-order chi connectivity index (χ0) is 11.8. The molecule has 1 aliphatic carbocycles. The van der Waals surface area contributed by atoms with Crippen LogP contribution >= 0.6 is 0 Å². The van der Waals surface area contributed by atoms with Crippen LogP contribution in [0.1, 0.15) is 44.9 Å². The van der Waals surface area contributed by atoms with Crippen molar-refractivity contribution in [1.29, 1.82) is 0 Å². The van der Waals surface area contributed by atoms with Gasteiger partial charge in [-0.3, -0.25) is 0 Å². The number of nitrogens with one attached hydrogen (secondary N) is 1. The molecule has 2 bridgehead atoms. The molecule has 17 heavy (non-hydrogen) atoms. The summed E-state index contributed by atoms with van der Waals surface area (Å²) in [6.45, 7) is 0.372. The predicted octanol–water partition coefficient (Wildman–Crippen LogP) is 1.36. The second kappa shape index (κ2) is 4.87. The summed E-state index contributed by atoms with van der Waals surface area (Å²) in [7, 11) is 2.30. The third-order valence-corrected chi connectivity index (χ3v) is 5.44. The number of nitrogens with zero attached hydrogens (tertiary/aromatic N) is 1. The second-order valence-corrected chi connectivity index (χ2v) is 6.37. The molecule has 3 heteroatoms. The van der Waals surface area contributed by atoms with Crippen LogP contribution in [0.4, 0.5) is 0 Å². The lowest BCUT2D eigenvalue weighted by atomic mass is 9.95. The van der Waals surface area contributed by atoms with Crippen LogP contribution in [-0.4, -0.2) is 47.8 Å². The molecule has 3 fully saturated rings. The van der Waals surface area contributed by atoms with Crippen molar-refractivity contribution in [2.75, 3.05) is 13.7 Å². The lowest BCUT2D eigenvalue weighted by Crippen LogP contribution is -2.50. The fourth-order valence-corrected chi connectivity index (χ4v) is 4.33. The van der Waals surface area contributed by atoms with E-state index in [4.69, 9.17) is 0 Å². The average molecular weight is 238 g/mol. The van der Waals surface area contributed by atoms with Gasteiger partial charge in [-0.05, 0) is 51.5 Å². The Balaban J connectivity index is 1.56. The van der Waals surface area contributed by atoms with Gasteiger partial charge in [0.1, 0.15) is 0 Å². The summed E-state index contributed by atoms with van der Waals surface area (Å²) in [5.41, 5.74) is 0. The first-order valence-corrected chi connectivity index (χ1v) is 7.36. The van der Waals surface area contributed by atoms with E-state index in [2.05, 4.69) is 17.3 Å². The Morgan fingerprint density at radius 1 is 1.12 bits per heavy atom. The van der Waals surface area contributed by atoms with E-state index in [0.717, 1.165) is 12.1 Å². The van der Waals surface area contributed by atoms with Crippen LogP contribution in [0.25, 0.3) is 0 Å². The minimum atomic E-state index is 0.372. The quantitative estimate of drug-likeness (QED) is 0.779. The summed E-state index contributed by atoms with van der Waals surface area (Å²) < 4.78 is 0. The molecule has 3 rings (SSSR count). The minimum Gasteiger partial charge on any atom is -0.396 e. The summed E-state index contributed by atoms with van der Waals surface area (Å²) >= 11 is 0. The standard InChI is InChI=1S/C14H26N2O/c1-16-12-5-6-13(16)8-11(7-12)15-14-4-2-3-10(14)9-17/h10-15,17H,2-9H2,1H3. The van der Waals surface area contributed by atoms with Gasteiger partial charge in [0.15, 0.2) is 0 Å². The summed E-state index contributed by atoms with van der Waals surface area (Å²) in [6.07, 6.45) is 9.22. The fraction of sp³-hybridized carbons (Fsp3) is 1.00. The number of aliphatic hydroxyl groups is 1. The van der Waals surface area contributed by atoms with Crippen LogP contribution in [0, 0.1) is 5.92 Å². The predicted molar refractivity (Wildman–Crippen MR) is 68.9 cm³/mol. The van der Waals surface area contributed by atoms with Crippen molar-refractivity contribution in [2.24, 2.45) is 5.92 Å². The van der Waals surface area contributed by atoms with Gasteiger partial charge in [-0.1, -0.05) is 6.42 Å². The molecule has 3 nitrogen and oxygen atoms in total. The molecule has 98 valence electrons. The highest BCUT2D eigenvalue weighted by Crippen LogP contribution is 2.35. The Bertz CT molecular complexity index is 257. The van der Waals surface area contributed by atoms with E-state index in [-0.39, 0.29) is 0 Å². The molecule has 0 aromatic heterocycles. The van der Waals surface area contributed by atoms with Crippen LogP contribution in [0.2, 0.25) is 0 Å². The maximum absolute atomic E-state index is 9.38. The van der Waals surface area contributed by atoms with Gasteiger partial charge < -0.3 is 15.3 Å². The maximum atomic E-state index is 9.38. The molecule has 4 atom stereocenters. The number of rotatable bonds is 3. The van der Waals surface area contributed by atoms with Crippen LogP contribution in [0.5, 0.6) is 0 Å². The monoisotopic (exact) mass is 238 g/mol. The normalized spacial score (nSPS) is 46.6. The molecule has 2 aliphatic heterocycles. The first kappa shape index (κ1) is 11.9. The molecule has 2 heterocycles. The Morgan fingerprint density at radius 2 is 1.82 bits per heavy atom. The third kappa shape index (κ3) is 2.25. The molecular weight excluding hydrogens is 212 g/mol. The van der Waals surface area contributed by atoms with E-state index in [1.165, 1.54) is 44.9 Å². The van der Waals surface area contributed by atoms with E-state index >= 15 is 0 Å². The second-order valence-electron chi connectivity index (χ2n) is 6.37. The van der Waals surface area contributed by atoms with E-state index in [9.17, 15) is 5.11 Å². The lowest BCUT2D eigenvalue weighted by Gasteiger charge is -2.38. The fourth-order valence-electron chi connectivity index (χ4n) is 4.33. The third-order valence-electron chi connectivity index (χ3n) is 5.44. The molecule has 0 aromatic rings. The first-order valence-electron chi connectivity index (χ1n) is 7.36. The van der Waals surface area contributed by atoms with Gasteiger partial charge in [-0.25, -0.2) is 0 Å². The van der Waals surface area contributed by atoms with Gasteiger partial charge in [0.05, 0.1) is 0 Å². The van der Waals surface area contributed by atoms with Gasteiger partial charge in [0, 0.05) is 30.8 Å². The highest BCUT2D eigenvalue weighted by atomic mass is 16.3. The highest BCUT2D eigenvalue weighted by Gasteiger charge is 2.39. The molecule has 1 saturated carbocycles. The number of aliphatic hydroxyl groups excluding tert-OH is 1. The van der Waals surface area contributed by atoms with Crippen molar-refractivity contribution in [1.82, 2.24) is 10.2 Å². The molecule has 4 unspecified atom stereocenters. The number of fused-ring (bicyclic) bond motifs is 2. The molecule has 0 spiro atoms. The minimum absolute atomic E-state index is 0.372. The van der Waals surface area contributed by atoms with E-state index in [1.54, 1.807) is 0 Å². The summed E-state index contributed by atoms with van der Waals surface area (Å²) in [4.78, 5) is 2.59. The summed E-state index contributed by atoms with van der Waals surface area (Å²) in [5, 5.41) is 13.2. The van der Waals surface area contributed by atoms with Crippen molar-refractivity contribution in [3.8, 4) is 0 Å². The summed E-state index contributed by atoms with van der Waals surface area (Å²) in [6, 6.07) is 2.94. The zero-order valence-electron chi connectivity index (χ0n) is 10.9. The lowest BCUT2D eigenvalue weighted by molar-refractivity contribution is 0.131. The van der Waals surface area contributed by atoms with Crippen molar-refractivity contribution in [3.63, 3.8) is 0 Å². The van der Waals surface area contributed by atoms with Gasteiger partial charge in [0.2, 0.25) is 0 Å². The van der Waals surface area contributed by atoms with E-state index < -0.39 is 0 Å². The van der Waals surface area contributed by atoms with Crippen LogP contribution in [-0.2, 0) is 0 Å². The molecule has 0 aromatic carbocycles. The van der Waals surface area contributed by atoms with Gasteiger partial charge in [-0.15, -0.1) is 0 Å². The number of piperidine rings is 1. The zero-order valence-corrected chi connectivity index (χ0v) is 10.9. The summed E-state index contributed by atoms with van der Waals surface area (Å²) in [5.74, 6) is 0.521. The van der Waals surface area contributed by atoms with Crippen LogP contribution in [0.15, 0.2) is 0 Å². The van der Waals surface area contributed by atoms with Crippen molar-refractivity contribution in [2.45, 2.75) is 69.1 Å². The average Bonchev–Trinajstić information content (AvgIpc) is 2.82. The Labute approximate surface area is 105 Å². The molecule has 2 N–H and O–H groups in total. The smallest absolute Gasteiger partial charge is 0.0474 e. The molecule has 3 aliphatic rings. The largest absolute Gasteiger partial charge is 0.396 e. The number of hydrogen-bond donors (Lipinski definition) is 2. The SMILES string of the molecule is CN1C2CCC1CC(NC1CCCC1CO)C2. The van der Waals surface area contributed by atoms with Crippen LogP contribution < -0.4 is 5.32 Å². The number of hydrogen-bond acceptors (Lipinski definition) is 3. The molecule has 0 radical (unpaired) electrons. The van der Waals surface area contributed by atoms with Gasteiger partial charge in [-0.2, -0.15) is 0 Å². The topological polar surface area (TPSA) is 35.5 Å². The Hall–Kier alpha value is -0.120. The van der Waals surface area contributed by atoms with E-state index in [0.29, 0.717) is 24.6 Å². The Kier molecular flexibility index (Phi) is 3.42. The van der Waals surface area contributed by atoms with Crippen LogP contribution in [0.3, 0.4) is 0 Å². The van der Waals surface area contributed by atoms with Gasteiger partial charge >= 0.3 is 0 Å². The first-order chi connectivity index (χ1) is 8.28. The van der Waals surface area contributed by atoms with Gasteiger partial charge in [0.25, 0.3) is 0 Å². The molecule has 0 amide bonds. The van der Waals surface area contributed by atoms with Crippen molar-refractivity contribution >= 4 is 0 Å².